The van der Waals surface area contributed by atoms with Crippen LogP contribution in [0, 0.1) is 0 Å². The number of nitrogens with one attached hydrogen (secondary N) is 1. The zero-order valence-electron chi connectivity index (χ0n) is 5.02. The summed E-state index contributed by atoms with van der Waals surface area (Å²) in [6.45, 7) is 1.72. The molecule has 0 aromatic heterocycles. The summed E-state index contributed by atoms with van der Waals surface area (Å²) in [4.78, 5) is 0. The molecule has 0 aromatic carbocycles. The van der Waals surface area contributed by atoms with Crippen molar-refractivity contribution in [2.45, 2.75) is 25.4 Å². The van der Waals surface area contributed by atoms with Crippen molar-refractivity contribution in [2.24, 2.45) is 0 Å². The van der Waals surface area contributed by atoms with Crippen LogP contribution >= 0.6 is 0 Å². The molecule has 0 aliphatic carbocycles. The topological polar surface area (TPSA) is 31.9 Å². The molecule has 1 N–H and O–H groups in total. The lowest BCUT2D eigenvalue weighted by Crippen LogP contribution is -2.22. The van der Waals surface area contributed by atoms with Crippen molar-refractivity contribution in [3.8, 4) is 0 Å². The van der Waals surface area contributed by atoms with Gasteiger partial charge in [0.2, 0.25) is 0 Å². The lowest BCUT2D eigenvalue weighted by atomic mass is 10.2. The summed E-state index contributed by atoms with van der Waals surface area (Å²) in [5.74, 6) is 0. The van der Waals surface area contributed by atoms with E-state index >= 15 is 0 Å². The molecule has 0 bridgehead atoms. The summed E-state index contributed by atoms with van der Waals surface area (Å²) >= 11 is 0. The van der Waals surface area contributed by atoms with E-state index in [0.29, 0.717) is 6.54 Å². The van der Waals surface area contributed by atoms with Crippen LogP contribution in [0.1, 0.15) is 19.3 Å². The van der Waals surface area contributed by atoms with Gasteiger partial charge in [-0.25, -0.2) is 5.11 Å². The van der Waals surface area contributed by atoms with Crippen LogP contribution in [0.5, 0.6) is 0 Å². The van der Waals surface area contributed by atoms with Gasteiger partial charge >= 0.3 is 0 Å². The van der Waals surface area contributed by atoms with E-state index in [-0.39, 0.29) is 6.10 Å². The summed E-state index contributed by atoms with van der Waals surface area (Å²) in [6, 6.07) is 0. The predicted molar refractivity (Wildman–Crippen MR) is 31.2 cm³/mol. The minimum absolute atomic E-state index is 0.336. The Morgan fingerprint density at radius 1 is 1.38 bits per heavy atom. The summed E-state index contributed by atoms with van der Waals surface area (Å²) in [7, 11) is 0. The van der Waals surface area contributed by atoms with Gasteiger partial charge in [-0.1, -0.05) is 0 Å². The van der Waals surface area contributed by atoms with Gasteiger partial charge in [-0.15, -0.1) is 0 Å². The Balaban J connectivity index is 2.17. The van der Waals surface area contributed by atoms with E-state index < -0.39 is 0 Å². The normalized spacial score (nSPS) is 31.9. The quantitative estimate of drug-likeness (QED) is 0.490. The fraction of sp³-hybridized carbons (Fsp3) is 1.00. The molecule has 1 rings (SSSR count). The number of hydrogen-bond donors (Lipinski definition) is 1. The molecule has 1 fully saturated rings. The molecule has 0 spiro atoms. The van der Waals surface area contributed by atoms with Crippen LogP contribution in [0.4, 0.5) is 0 Å². The Morgan fingerprint density at radius 2 is 2.25 bits per heavy atom. The van der Waals surface area contributed by atoms with E-state index in [2.05, 4.69) is 5.32 Å². The van der Waals surface area contributed by atoms with Crippen molar-refractivity contribution in [1.29, 1.82) is 0 Å². The first-order valence-electron chi connectivity index (χ1n) is 3.26. The van der Waals surface area contributed by atoms with Gasteiger partial charge in [-0.05, 0) is 25.8 Å². The molecule has 0 amide bonds. The number of hydrogen-bond acceptors (Lipinski definition) is 1. The van der Waals surface area contributed by atoms with Crippen LogP contribution < -0.4 is 5.32 Å². The molecule has 0 aromatic rings. The largest absolute Gasteiger partial charge is 0.314 e. The second kappa shape index (κ2) is 3.05. The second-order valence-electron chi connectivity index (χ2n) is 2.32. The number of rotatable bonds is 0. The van der Waals surface area contributed by atoms with Crippen molar-refractivity contribution in [2.75, 3.05) is 13.1 Å². The van der Waals surface area contributed by atoms with E-state index in [1.54, 1.807) is 0 Å². The van der Waals surface area contributed by atoms with Crippen molar-refractivity contribution >= 4 is 0 Å². The fourth-order valence-electron chi connectivity index (χ4n) is 0.987. The maximum absolute atomic E-state index is 10.7. The van der Waals surface area contributed by atoms with E-state index in [4.69, 9.17) is 0 Å². The van der Waals surface area contributed by atoms with E-state index in [0.717, 1.165) is 19.4 Å². The Hall–Kier alpha value is -0.0800. The third kappa shape index (κ3) is 1.80. The fourth-order valence-corrected chi connectivity index (χ4v) is 0.987. The first-order chi connectivity index (χ1) is 3.89. The molecule has 1 saturated heterocycles. The van der Waals surface area contributed by atoms with Crippen molar-refractivity contribution in [3.05, 3.63) is 0 Å². The molecule has 2 nitrogen and oxygen atoms in total. The molecule has 1 aliphatic rings. The molecule has 1 radical (unpaired) electrons. The van der Waals surface area contributed by atoms with Crippen LogP contribution in [0.2, 0.25) is 0 Å². The maximum atomic E-state index is 10.7. The molecule has 1 unspecified atom stereocenters. The summed E-state index contributed by atoms with van der Waals surface area (Å²) in [5, 5.41) is 13.8. The van der Waals surface area contributed by atoms with E-state index in [1.807, 2.05) is 0 Å². The standard InChI is InChI=1S/C6H12NO/c8-6-3-1-2-4-7-5-6/h6-7H,1-5H2. The Labute approximate surface area is 49.9 Å². The van der Waals surface area contributed by atoms with Crippen LogP contribution in [-0.2, 0) is 5.11 Å². The molecule has 0 saturated carbocycles. The highest BCUT2D eigenvalue weighted by Crippen LogP contribution is 2.02. The molecular formula is C6H12NO. The van der Waals surface area contributed by atoms with E-state index in [1.165, 1.54) is 6.42 Å². The van der Waals surface area contributed by atoms with Crippen molar-refractivity contribution < 1.29 is 5.11 Å². The molecule has 1 aliphatic heterocycles. The lowest BCUT2D eigenvalue weighted by Gasteiger charge is -2.00. The Kier molecular flexibility index (Phi) is 2.30. The van der Waals surface area contributed by atoms with Gasteiger partial charge in [0.15, 0.2) is 0 Å². The average molecular weight is 114 g/mol. The lowest BCUT2D eigenvalue weighted by molar-refractivity contribution is 0.0852. The third-order valence-electron chi connectivity index (χ3n) is 1.50. The maximum Gasteiger partial charge on any atom is 0.105 e. The zero-order valence-corrected chi connectivity index (χ0v) is 5.02. The highest BCUT2D eigenvalue weighted by atomic mass is 16.3. The van der Waals surface area contributed by atoms with Gasteiger partial charge in [-0.3, -0.25) is 0 Å². The van der Waals surface area contributed by atoms with Crippen LogP contribution in [-0.4, -0.2) is 19.2 Å². The first-order valence-corrected chi connectivity index (χ1v) is 3.26. The highest BCUT2D eigenvalue weighted by Gasteiger charge is 2.07. The van der Waals surface area contributed by atoms with E-state index in [9.17, 15) is 5.11 Å². The second-order valence-corrected chi connectivity index (χ2v) is 2.32. The molecule has 2 heteroatoms. The van der Waals surface area contributed by atoms with Gasteiger partial charge < -0.3 is 5.32 Å². The minimum Gasteiger partial charge on any atom is -0.314 e. The molecule has 1 atom stereocenters. The Bertz CT molecular complexity index is 57.5. The van der Waals surface area contributed by atoms with Gasteiger partial charge in [-0.2, -0.15) is 0 Å². The summed E-state index contributed by atoms with van der Waals surface area (Å²) < 4.78 is 0. The van der Waals surface area contributed by atoms with Crippen LogP contribution in [0.25, 0.3) is 0 Å². The van der Waals surface area contributed by atoms with Gasteiger partial charge in [0, 0.05) is 6.54 Å². The van der Waals surface area contributed by atoms with Gasteiger partial charge in [0.25, 0.3) is 0 Å². The van der Waals surface area contributed by atoms with Crippen molar-refractivity contribution in [1.82, 2.24) is 5.32 Å². The minimum atomic E-state index is -0.336. The smallest absolute Gasteiger partial charge is 0.105 e. The monoisotopic (exact) mass is 114 g/mol. The third-order valence-corrected chi connectivity index (χ3v) is 1.50. The van der Waals surface area contributed by atoms with Crippen LogP contribution in [0.15, 0.2) is 0 Å². The summed E-state index contributed by atoms with van der Waals surface area (Å²) in [5.41, 5.74) is 0. The van der Waals surface area contributed by atoms with Gasteiger partial charge in [0.05, 0.1) is 0 Å². The SMILES string of the molecule is [O]C1CCCCNC1. The molecule has 8 heavy (non-hydrogen) atoms. The summed E-state index contributed by atoms with van der Waals surface area (Å²) in [6.07, 6.45) is 2.82. The molecule has 47 valence electrons. The predicted octanol–water partition coefficient (Wildman–Crippen LogP) is 0.559. The molecular weight excluding hydrogens is 102 g/mol. The molecule has 1 heterocycles. The zero-order chi connectivity index (χ0) is 5.82. The Morgan fingerprint density at radius 3 is 3.12 bits per heavy atom. The first kappa shape index (κ1) is 6.05. The highest BCUT2D eigenvalue weighted by molar-refractivity contribution is 4.63. The van der Waals surface area contributed by atoms with Crippen LogP contribution in [0.3, 0.4) is 0 Å². The van der Waals surface area contributed by atoms with Crippen molar-refractivity contribution in [3.63, 3.8) is 0 Å². The van der Waals surface area contributed by atoms with Gasteiger partial charge in [0.1, 0.15) is 6.10 Å². The average Bonchev–Trinajstić information content (AvgIpc) is 1.94.